The van der Waals surface area contributed by atoms with Gasteiger partial charge in [-0.1, -0.05) is 76.6 Å². The van der Waals surface area contributed by atoms with Crippen LogP contribution in [0.4, 0.5) is 5.69 Å². The smallest absolute Gasteiger partial charge is 0.271 e. The van der Waals surface area contributed by atoms with Crippen LogP contribution in [0.2, 0.25) is 0 Å². The predicted octanol–water partition coefficient (Wildman–Crippen LogP) is 5.93. The van der Waals surface area contributed by atoms with Crippen LogP contribution < -0.4 is 5.32 Å². The number of anilines is 1. The number of hydroxylamine groups is 2. The molecule has 0 fully saturated rings. The number of benzene rings is 3. The highest BCUT2D eigenvalue weighted by Crippen LogP contribution is 2.39. The molecule has 0 saturated heterocycles. The quantitative estimate of drug-likeness (QED) is 0.433. The maximum Gasteiger partial charge on any atom is 0.271 e. The van der Waals surface area contributed by atoms with Gasteiger partial charge in [-0.2, -0.15) is 0 Å². The van der Waals surface area contributed by atoms with E-state index in [4.69, 9.17) is 4.84 Å². The summed E-state index contributed by atoms with van der Waals surface area (Å²) in [4.78, 5) is 32.9. The van der Waals surface area contributed by atoms with E-state index in [9.17, 15) is 9.59 Å². The lowest BCUT2D eigenvalue weighted by molar-refractivity contribution is -0.209. The number of carbonyl (C=O) groups is 2. The van der Waals surface area contributed by atoms with Gasteiger partial charge in [0.1, 0.15) is 12.1 Å². The summed E-state index contributed by atoms with van der Waals surface area (Å²) in [5, 5.41) is 4.73. The molecule has 0 aliphatic carbocycles. The Kier molecular flexibility index (Phi) is 6.44. The number of nitrogens with zero attached hydrogens (tertiary/aromatic N) is 1. The molecule has 0 aromatic heterocycles. The number of hydrogen-bond acceptors (Lipinski definition) is 4. The average molecular weight is 493 g/mol. The first-order chi connectivity index (χ1) is 15.3. The van der Waals surface area contributed by atoms with Crippen LogP contribution in [-0.2, 0) is 16.2 Å². The molecule has 32 heavy (non-hydrogen) atoms. The minimum Gasteiger partial charge on any atom is -0.371 e. The number of nitrogens with one attached hydrogen (secondary N) is 1. The molecule has 164 valence electrons. The van der Waals surface area contributed by atoms with Crippen LogP contribution in [0.1, 0.15) is 47.8 Å². The summed E-state index contributed by atoms with van der Waals surface area (Å²) in [6, 6.07) is 24.0. The molecule has 1 aliphatic heterocycles. The lowest BCUT2D eigenvalue weighted by Crippen LogP contribution is -2.49. The maximum atomic E-state index is 13.6. The number of fused-ring (bicyclic) bond motifs is 1. The fourth-order valence-corrected chi connectivity index (χ4v) is 4.21. The predicted molar refractivity (Wildman–Crippen MR) is 128 cm³/mol. The molecular weight excluding hydrogens is 468 g/mol. The third kappa shape index (κ3) is 4.76. The van der Waals surface area contributed by atoms with Crippen LogP contribution in [-0.4, -0.2) is 22.3 Å². The number of amides is 1. The molecule has 6 heteroatoms. The Labute approximate surface area is 196 Å². The molecule has 0 unspecified atom stereocenters. The molecule has 1 heterocycles. The van der Waals surface area contributed by atoms with Gasteiger partial charge in [-0.15, -0.1) is 0 Å². The molecule has 1 atom stereocenters. The maximum absolute atomic E-state index is 13.6. The second-order valence-corrected chi connectivity index (χ2v) is 9.30. The first-order valence-electron chi connectivity index (χ1n) is 10.5. The normalized spacial score (nSPS) is 17.3. The van der Waals surface area contributed by atoms with E-state index in [1.165, 1.54) is 5.06 Å². The molecule has 3 aromatic carbocycles. The van der Waals surface area contributed by atoms with Gasteiger partial charge in [0.2, 0.25) is 0 Å². The van der Waals surface area contributed by atoms with E-state index >= 15 is 0 Å². The van der Waals surface area contributed by atoms with Crippen molar-refractivity contribution in [1.29, 1.82) is 0 Å². The zero-order valence-electron chi connectivity index (χ0n) is 18.0. The summed E-state index contributed by atoms with van der Waals surface area (Å²) in [7, 11) is 0. The Morgan fingerprint density at radius 1 is 1.03 bits per heavy atom. The summed E-state index contributed by atoms with van der Waals surface area (Å²) < 4.78 is 0.866. The largest absolute Gasteiger partial charge is 0.371 e. The minimum absolute atomic E-state index is 0.0534. The highest BCUT2D eigenvalue weighted by Gasteiger charge is 2.42. The van der Waals surface area contributed by atoms with Crippen molar-refractivity contribution in [1.82, 2.24) is 5.06 Å². The minimum atomic E-state index is -0.913. The summed E-state index contributed by atoms with van der Waals surface area (Å²) in [6.45, 7) is 3.87. The first-order valence-corrected chi connectivity index (χ1v) is 11.3. The first kappa shape index (κ1) is 22.2. The van der Waals surface area contributed by atoms with Gasteiger partial charge in [0.05, 0.1) is 6.04 Å². The number of carbonyl (C=O) groups excluding carboxylic acids is 2. The van der Waals surface area contributed by atoms with Crippen LogP contribution in [0.15, 0.2) is 83.3 Å². The molecular formula is C26H25BrN2O3. The van der Waals surface area contributed by atoms with E-state index in [-0.39, 0.29) is 24.7 Å². The zero-order valence-corrected chi connectivity index (χ0v) is 19.6. The van der Waals surface area contributed by atoms with Gasteiger partial charge in [-0.05, 0) is 37.6 Å². The standard InChI is InChI=1S/C26H25BrN2O3/c1-26(2)25(31)29(32-17-18-9-5-3-6-10-18)23(16-24(30)19-11-7-4-8-12-19)21-15-20(27)13-14-22(21)28-26/h3-15,23,28H,16-17H2,1-2H3/t23-/m1/s1. The van der Waals surface area contributed by atoms with Gasteiger partial charge in [0, 0.05) is 27.7 Å². The van der Waals surface area contributed by atoms with Crippen LogP contribution >= 0.6 is 15.9 Å². The van der Waals surface area contributed by atoms with E-state index in [1.807, 2.05) is 80.6 Å². The van der Waals surface area contributed by atoms with E-state index in [1.54, 1.807) is 12.1 Å². The van der Waals surface area contributed by atoms with Crippen LogP contribution in [0, 0.1) is 0 Å². The zero-order chi connectivity index (χ0) is 22.7. The van der Waals surface area contributed by atoms with E-state index < -0.39 is 11.6 Å². The van der Waals surface area contributed by atoms with Gasteiger partial charge in [0.15, 0.2) is 5.78 Å². The third-order valence-corrected chi connectivity index (χ3v) is 6.02. The topological polar surface area (TPSA) is 58.6 Å². The van der Waals surface area contributed by atoms with E-state index in [0.717, 1.165) is 21.3 Å². The molecule has 0 bridgehead atoms. The molecule has 1 aliphatic rings. The van der Waals surface area contributed by atoms with Crippen molar-refractivity contribution in [3.05, 3.63) is 100 Å². The Morgan fingerprint density at radius 2 is 1.69 bits per heavy atom. The summed E-state index contributed by atoms with van der Waals surface area (Å²) in [5.74, 6) is -0.283. The fraction of sp³-hybridized carbons (Fsp3) is 0.231. The molecule has 5 nitrogen and oxygen atoms in total. The number of halogens is 1. The highest BCUT2D eigenvalue weighted by molar-refractivity contribution is 9.10. The molecule has 3 aromatic rings. The number of ketones is 1. The lowest BCUT2D eigenvalue weighted by Gasteiger charge is -2.33. The van der Waals surface area contributed by atoms with E-state index in [2.05, 4.69) is 21.2 Å². The molecule has 4 rings (SSSR count). The van der Waals surface area contributed by atoms with Gasteiger partial charge >= 0.3 is 0 Å². The molecule has 1 amide bonds. The van der Waals surface area contributed by atoms with Crippen molar-refractivity contribution < 1.29 is 14.4 Å². The fourth-order valence-electron chi connectivity index (χ4n) is 3.83. The highest BCUT2D eigenvalue weighted by atomic mass is 79.9. The average Bonchev–Trinajstić information content (AvgIpc) is 2.87. The number of Topliss-reactive ketones (excluding diaryl/α,β-unsaturated/α-hetero) is 1. The van der Waals surface area contributed by atoms with Crippen LogP contribution in [0.25, 0.3) is 0 Å². The Bertz CT molecular complexity index is 1120. The van der Waals surface area contributed by atoms with Crippen molar-refractivity contribution in [2.45, 2.75) is 38.5 Å². The summed E-state index contributed by atoms with van der Waals surface area (Å²) in [6.07, 6.45) is 0.103. The molecule has 0 spiro atoms. The van der Waals surface area contributed by atoms with Gasteiger partial charge in [-0.3, -0.25) is 14.4 Å². The Balaban J connectivity index is 1.74. The number of rotatable bonds is 6. The molecule has 0 radical (unpaired) electrons. The summed E-state index contributed by atoms with van der Waals surface area (Å²) in [5.41, 5.74) is 2.27. The second kappa shape index (κ2) is 9.27. The molecule has 0 saturated carbocycles. The van der Waals surface area contributed by atoms with Crippen LogP contribution in [0.3, 0.4) is 0 Å². The van der Waals surface area contributed by atoms with Gasteiger partial charge in [-0.25, -0.2) is 5.06 Å². The monoisotopic (exact) mass is 492 g/mol. The van der Waals surface area contributed by atoms with Crippen molar-refractivity contribution in [3.63, 3.8) is 0 Å². The van der Waals surface area contributed by atoms with Crippen LogP contribution in [0.5, 0.6) is 0 Å². The molecule has 1 N–H and O–H groups in total. The third-order valence-electron chi connectivity index (χ3n) is 5.53. The van der Waals surface area contributed by atoms with Crippen molar-refractivity contribution >= 4 is 33.3 Å². The Hall–Kier alpha value is -2.96. The Morgan fingerprint density at radius 3 is 2.38 bits per heavy atom. The second-order valence-electron chi connectivity index (χ2n) is 8.38. The van der Waals surface area contributed by atoms with Gasteiger partial charge < -0.3 is 5.32 Å². The van der Waals surface area contributed by atoms with Crippen molar-refractivity contribution in [3.8, 4) is 0 Å². The SMILES string of the molecule is CC1(C)Nc2ccc(Br)cc2[C@@H](CC(=O)c2ccccc2)N(OCc2ccccc2)C1=O. The van der Waals surface area contributed by atoms with Crippen molar-refractivity contribution in [2.24, 2.45) is 0 Å². The lowest BCUT2D eigenvalue weighted by atomic mass is 9.96. The number of hydrogen-bond donors (Lipinski definition) is 1. The van der Waals surface area contributed by atoms with Gasteiger partial charge in [0.25, 0.3) is 5.91 Å². The van der Waals surface area contributed by atoms with E-state index in [0.29, 0.717) is 5.56 Å². The summed E-state index contributed by atoms with van der Waals surface area (Å²) >= 11 is 3.54. The van der Waals surface area contributed by atoms with Crippen molar-refractivity contribution in [2.75, 3.05) is 5.32 Å².